The van der Waals surface area contributed by atoms with Crippen molar-refractivity contribution in [3.8, 4) is 5.75 Å². The van der Waals surface area contributed by atoms with Crippen LogP contribution in [0.15, 0.2) is 17.0 Å². The minimum absolute atomic E-state index is 0.0425. The molecule has 37 heavy (non-hydrogen) atoms. The van der Waals surface area contributed by atoms with Crippen LogP contribution in [-0.4, -0.2) is 108 Å². The molecule has 2 fully saturated rings. The van der Waals surface area contributed by atoms with Crippen molar-refractivity contribution in [3.05, 3.63) is 23.3 Å². The Bertz CT molecular complexity index is 982. The van der Waals surface area contributed by atoms with Crippen molar-refractivity contribution in [1.82, 2.24) is 14.1 Å². The summed E-state index contributed by atoms with van der Waals surface area (Å²) in [5.74, 6) is 1.29. The quantitative estimate of drug-likeness (QED) is 0.356. The third-order valence-corrected chi connectivity index (χ3v) is 10.2. The second kappa shape index (κ2) is 13.4. The molecule has 2 aliphatic rings. The SMILES string of the molecule is COc1cc(C)c(S(=O)(=O)N(C)CCOCC(=O)N(C)[C@H]2CC[C@@H](CCN(C)C3COC3)CC2)c(C)c1. The number of ether oxygens (including phenoxy) is 3. The standard InChI is InChI=1S/C27H45N3O6S/c1-20-15-25(34-6)16-21(2)27(20)37(32,33)29(4)13-14-35-19-26(31)30(5)23-9-7-22(8-10-23)11-12-28(3)24-17-36-18-24/h15-16,22-24H,7-14,17-19H2,1-6H3/t22-,23+. The molecular weight excluding hydrogens is 494 g/mol. The van der Waals surface area contributed by atoms with Gasteiger partial charge in [-0.05, 0) is 88.7 Å². The van der Waals surface area contributed by atoms with Crippen LogP contribution in [0.3, 0.4) is 0 Å². The van der Waals surface area contributed by atoms with Crippen molar-refractivity contribution >= 4 is 15.9 Å². The summed E-state index contributed by atoms with van der Waals surface area (Å²) in [4.78, 5) is 17.2. The highest BCUT2D eigenvalue weighted by molar-refractivity contribution is 7.89. The second-order valence-corrected chi connectivity index (χ2v) is 12.6. The molecule has 0 bridgehead atoms. The molecule has 0 atom stereocenters. The Kier molecular flexibility index (Phi) is 10.8. The summed E-state index contributed by atoms with van der Waals surface area (Å²) in [6.45, 7) is 6.61. The number of carbonyl (C=O) groups is 1. The van der Waals surface area contributed by atoms with Crippen molar-refractivity contribution in [2.45, 2.75) is 62.9 Å². The zero-order chi connectivity index (χ0) is 27.2. The second-order valence-electron chi connectivity index (χ2n) is 10.6. The fraction of sp³-hybridized carbons (Fsp3) is 0.741. The molecule has 1 heterocycles. The Hall–Kier alpha value is -1.72. The number of aryl methyl sites for hydroxylation is 2. The Morgan fingerprint density at radius 2 is 1.62 bits per heavy atom. The highest BCUT2D eigenvalue weighted by Crippen LogP contribution is 2.30. The van der Waals surface area contributed by atoms with Gasteiger partial charge < -0.3 is 19.1 Å². The van der Waals surface area contributed by atoms with Gasteiger partial charge in [-0.15, -0.1) is 0 Å². The van der Waals surface area contributed by atoms with Crippen LogP contribution in [0.25, 0.3) is 0 Å². The number of nitrogens with zero attached hydrogens (tertiary/aromatic N) is 3. The third kappa shape index (κ3) is 7.66. The molecule has 0 aromatic heterocycles. The molecule has 1 aliphatic heterocycles. The van der Waals surface area contributed by atoms with Crippen molar-refractivity contribution in [2.24, 2.45) is 5.92 Å². The molecule has 1 saturated heterocycles. The van der Waals surface area contributed by atoms with Gasteiger partial charge in [0.2, 0.25) is 15.9 Å². The Labute approximate surface area is 223 Å². The van der Waals surface area contributed by atoms with Crippen LogP contribution in [-0.2, 0) is 24.3 Å². The van der Waals surface area contributed by atoms with Gasteiger partial charge in [0, 0.05) is 26.7 Å². The maximum Gasteiger partial charge on any atom is 0.248 e. The van der Waals surface area contributed by atoms with E-state index < -0.39 is 10.0 Å². The number of benzene rings is 1. The van der Waals surface area contributed by atoms with Gasteiger partial charge in [0.25, 0.3) is 0 Å². The molecule has 0 N–H and O–H groups in total. The number of sulfonamides is 1. The molecule has 1 amide bonds. The first-order valence-corrected chi connectivity index (χ1v) is 14.7. The predicted octanol–water partition coefficient (Wildman–Crippen LogP) is 2.69. The topological polar surface area (TPSA) is 88.6 Å². The monoisotopic (exact) mass is 539 g/mol. The van der Waals surface area contributed by atoms with Crippen molar-refractivity contribution in [3.63, 3.8) is 0 Å². The lowest BCUT2D eigenvalue weighted by Gasteiger charge is -2.37. The average Bonchev–Trinajstić information content (AvgIpc) is 2.83. The molecule has 3 rings (SSSR count). The lowest BCUT2D eigenvalue weighted by Crippen LogP contribution is -2.47. The molecule has 1 aromatic carbocycles. The van der Waals surface area contributed by atoms with Crippen LogP contribution >= 0.6 is 0 Å². The molecule has 1 aromatic rings. The normalized spacial score (nSPS) is 20.8. The molecule has 1 saturated carbocycles. The first-order valence-electron chi connectivity index (χ1n) is 13.3. The Morgan fingerprint density at radius 1 is 1.00 bits per heavy atom. The van der Waals surface area contributed by atoms with Crippen LogP contribution in [0.4, 0.5) is 0 Å². The van der Waals surface area contributed by atoms with E-state index >= 15 is 0 Å². The lowest BCUT2D eigenvalue weighted by molar-refractivity contribution is -0.137. The summed E-state index contributed by atoms with van der Waals surface area (Å²) >= 11 is 0. The number of likely N-dealkylation sites (N-methyl/N-ethyl adjacent to an activating group) is 3. The Morgan fingerprint density at radius 3 is 2.16 bits per heavy atom. The summed E-state index contributed by atoms with van der Waals surface area (Å²) in [5, 5.41) is 0. The zero-order valence-electron chi connectivity index (χ0n) is 23.4. The fourth-order valence-corrected chi connectivity index (χ4v) is 6.79. The van der Waals surface area contributed by atoms with Crippen LogP contribution < -0.4 is 4.74 Å². The van der Waals surface area contributed by atoms with E-state index in [1.165, 1.54) is 17.8 Å². The van der Waals surface area contributed by atoms with E-state index in [0.717, 1.165) is 51.4 Å². The van der Waals surface area contributed by atoms with Crippen LogP contribution in [0, 0.1) is 19.8 Å². The summed E-state index contributed by atoms with van der Waals surface area (Å²) in [7, 11) is 3.44. The minimum Gasteiger partial charge on any atom is -0.497 e. The van der Waals surface area contributed by atoms with Crippen LogP contribution in [0.5, 0.6) is 5.75 Å². The van der Waals surface area contributed by atoms with Crippen molar-refractivity contribution in [2.75, 3.05) is 67.8 Å². The zero-order valence-corrected chi connectivity index (χ0v) is 24.2. The van der Waals surface area contributed by atoms with E-state index in [1.807, 2.05) is 11.9 Å². The summed E-state index contributed by atoms with van der Waals surface area (Å²) in [5.41, 5.74) is 1.27. The number of hydrogen-bond donors (Lipinski definition) is 0. The highest BCUT2D eigenvalue weighted by atomic mass is 32.2. The molecule has 210 valence electrons. The molecular formula is C27H45N3O6S. The average molecular weight is 540 g/mol. The summed E-state index contributed by atoms with van der Waals surface area (Å²) in [6.07, 6.45) is 5.53. The maximum atomic E-state index is 13.1. The van der Waals surface area contributed by atoms with E-state index in [4.69, 9.17) is 14.2 Å². The summed E-state index contributed by atoms with van der Waals surface area (Å²) in [6, 6.07) is 4.26. The largest absolute Gasteiger partial charge is 0.497 e. The first-order chi connectivity index (χ1) is 17.5. The van der Waals surface area contributed by atoms with Gasteiger partial charge in [0.1, 0.15) is 12.4 Å². The third-order valence-electron chi connectivity index (χ3n) is 8.01. The van der Waals surface area contributed by atoms with Crippen LogP contribution in [0.1, 0.15) is 43.2 Å². The van der Waals surface area contributed by atoms with Gasteiger partial charge >= 0.3 is 0 Å². The van der Waals surface area contributed by atoms with E-state index in [9.17, 15) is 13.2 Å². The highest BCUT2D eigenvalue weighted by Gasteiger charge is 2.29. The number of methoxy groups -OCH3 is 1. The predicted molar refractivity (Wildman–Crippen MR) is 143 cm³/mol. The number of hydrogen-bond acceptors (Lipinski definition) is 7. The van der Waals surface area contributed by atoms with Gasteiger partial charge in [-0.25, -0.2) is 8.42 Å². The maximum absolute atomic E-state index is 13.1. The molecule has 0 unspecified atom stereocenters. The number of rotatable bonds is 13. The summed E-state index contributed by atoms with van der Waals surface area (Å²) < 4.78 is 43.6. The molecule has 10 heteroatoms. The molecule has 9 nitrogen and oxygen atoms in total. The smallest absolute Gasteiger partial charge is 0.248 e. The molecule has 0 spiro atoms. The fourth-order valence-electron chi connectivity index (χ4n) is 5.24. The number of amides is 1. The molecule has 0 radical (unpaired) electrons. The van der Waals surface area contributed by atoms with E-state index in [-0.39, 0.29) is 36.6 Å². The molecule has 1 aliphatic carbocycles. The van der Waals surface area contributed by atoms with Crippen molar-refractivity contribution in [1.29, 1.82) is 0 Å². The lowest BCUT2D eigenvalue weighted by atomic mass is 9.83. The van der Waals surface area contributed by atoms with E-state index in [1.54, 1.807) is 33.1 Å². The van der Waals surface area contributed by atoms with E-state index in [0.29, 0.717) is 22.9 Å². The number of carbonyl (C=O) groups excluding carboxylic acids is 1. The van der Waals surface area contributed by atoms with Gasteiger partial charge in [-0.2, -0.15) is 4.31 Å². The Balaban J connectivity index is 1.37. The first kappa shape index (κ1) is 29.8. The van der Waals surface area contributed by atoms with Gasteiger partial charge in [-0.3, -0.25) is 9.69 Å². The van der Waals surface area contributed by atoms with Gasteiger partial charge in [0.05, 0.1) is 37.9 Å². The van der Waals surface area contributed by atoms with Gasteiger partial charge in [0.15, 0.2) is 0 Å². The van der Waals surface area contributed by atoms with E-state index in [2.05, 4.69) is 11.9 Å². The van der Waals surface area contributed by atoms with Crippen LogP contribution in [0.2, 0.25) is 0 Å². The van der Waals surface area contributed by atoms with Gasteiger partial charge in [-0.1, -0.05) is 0 Å². The van der Waals surface area contributed by atoms with Crippen molar-refractivity contribution < 1.29 is 27.4 Å². The minimum atomic E-state index is -3.69.